The largest absolute Gasteiger partial charge is 0.397 e. The van der Waals surface area contributed by atoms with Crippen LogP contribution in [0, 0.1) is 6.92 Å². The van der Waals surface area contributed by atoms with Gasteiger partial charge in [-0.05, 0) is 19.1 Å². The minimum atomic E-state index is -0.130. The minimum absolute atomic E-state index is 0.130. The molecule has 1 amide bonds. The molecule has 3 aromatic rings. The van der Waals surface area contributed by atoms with Crippen LogP contribution < -0.4 is 11.1 Å². The van der Waals surface area contributed by atoms with Crippen LogP contribution in [0.25, 0.3) is 10.1 Å². The fourth-order valence-electron chi connectivity index (χ4n) is 1.98. The number of benzene rings is 1. The molecule has 0 atom stereocenters. The molecule has 0 aliphatic rings. The third-order valence-electron chi connectivity index (χ3n) is 2.99. The molecule has 2 aromatic heterocycles. The Hall–Kier alpha value is -1.92. The summed E-state index contributed by atoms with van der Waals surface area (Å²) in [5.74, 6) is -0.130. The van der Waals surface area contributed by atoms with Crippen molar-refractivity contribution in [3.05, 3.63) is 45.2 Å². The van der Waals surface area contributed by atoms with E-state index >= 15 is 0 Å². The molecule has 0 unspecified atom stereocenters. The number of anilines is 1. The number of thiophene rings is 1. The SMILES string of the molecule is Cc1ccc2sc(C(=O)NCc3cncs3)c(N)c2c1. The van der Waals surface area contributed by atoms with Crippen molar-refractivity contribution in [1.29, 1.82) is 0 Å². The van der Waals surface area contributed by atoms with Crippen molar-refractivity contribution >= 4 is 44.4 Å². The number of carbonyl (C=O) groups is 1. The molecule has 1 aromatic carbocycles. The average molecular weight is 303 g/mol. The number of nitrogens with one attached hydrogen (secondary N) is 1. The average Bonchev–Trinajstić information content (AvgIpc) is 3.05. The Bertz CT molecular complexity index is 762. The van der Waals surface area contributed by atoms with Crippen molar-refractivity contribution in [3.63, 3.8) is 0 Å². The normalized spacial score (nSPS) is 10.8. The molecule has 0 saturated carbocycles. The van der Waals surface area contributed by atoms with E-state index in [2.05, 4.69) is 10.3 Å². The first-order chi connectivity index (χ1) is 9.65. The highest BCUT2D eigenvalue weighted by atomic mass is 32.1. The van der Waals surface area contributed by atoms with E-state index in [4.69, 9.17) is 5.73 Å². The monoisotopic (exact) mass is 303 g/mol. The molecule has 3 N–H and O–H groups in total. The number of amides is 1. The zero-order valence-electron chi connectivity index (χ0n) is 10.8. The zero-order valence-corrected chi connectivity index (χ0v) is 12.5. The number of carbonyl (C=O) groups excluding carboxylic acids is 1. The Morgan fingerprint density at radius 1 is 1.45 bits per heavy atom. The van der Waals surface area contributed by atoms with Crippen LogP contribution in [-0.4, -0.2) is 10.9 Å². The number of thiazole rings is 1. The van der Waals surface area contributed by atoms with Gasteiger partial charge in [0.05, 0.1) is 17.7 Å². The van der Waals surface area contributed by atoms with E-state index in [1.807, 2.05) is 25.1 Å². The number of aromatic nitrogens is 1. The maximum absolute atomic E-state index is 12.2. The molecular formula is C14H13N3OS2. The summed E-state index contributed by atoms with van der Waals surface area (Å²) in [6.45, 7) is 2.50. The summed E-state index contributed by atoms with van der Waals surface area (Å²) >= 11 is 2.95. The van der Waals surface area contributed by atoms with Crippen LogP contribution >= 0.6 is 22.7 Å². The predicted octanol–water partition coefficient (Wildman–Crippen LogP) is 3.18. The lowest BCUT2D eigenvalue weighted by Gasteiger charge is -2.02. The Morgan fingerprint density at radius 2 is 2.30 bits per heavy atom. The highest BCUT2D eigenvalue weighted by Gasteiger charge is 2.16. The highest BCUT2D eigenvalue weighted by Crippen LogP contribution is 2.34. The van der Waals surface area contributed by atoms with Crippen LogP contribution in [0.15, 0.2) is 29.9 Å². The summed E-state index contributed by atoms with van der Waals surface area (Å²) in [5, 5.41) is 3.84. The van der Waals surface area contributed by atoms with Gasteiger partial charge >= 0.3 is 0 Å². The highest BCUT2D eigenvalue weighted by molar-refractivity contribution is 7.21. The molecule has 102 valence electrons. The van der Waals surface area contributed by atoms with Gasteiger partial charge in [-0.15, -0.1) is 22.7 Å². The van der Waals surface area contributed by atoms with Crippen LogP contribution in [0.2, 0.25) is 0 Å². The van der Waals surface area contributed by atoms with Gasteiger partial charge in [-0.25, -0.2) is 0 Å². The molecule has 0 saturated heterocycles. The lowest BCUT2D eigenvalue weighted by atomic mass is 10.1. The van der Waals surface area contributed by atoms with Gasteiger partial charge in [0.15, 0.2) is 0 Å². The number of nitrogen functional groups attached to an aromatic ring is 1. The maximum Gasteiger partial charge on any atom is 0.263 e. The van der Waals surface area contributed by atoms with Gasteiger partial charge in [0.2, 0.25) is 0 Å². The first kappa shape index (κ1) is 13.1. The summed E-state index contributed by atoms with van der Waals surface area (Å²) in [6.07, 6.45) is 1.75. The number of hydrogen-bond donors (Lipinski definition) is 2. The van der Waals surface area contributed by atoms with Crippen molar-refractivity contribution in [2.75, 3.05) is 5.73 Å². The quantitative estimate of drug-likeness (QED) is 0.781. The molecular weight excluding hydrogens is 290 g/mol. The van der Waals surface area contributed by atoms with E-state index in [0.717, 1.165) is 20.5 Å². The molecule has 0 aliphatic heterocycles. The molecule has 0 fully saturated rings. The zero-order chi connectivity index (χ0) is 14.1. The van der Waals surface area contributed by atoms with Crippen molar-refractivity contribution in [3.8, 4) is 0 Å². The molecule has 0 radical (unpaired) electrons. The second-order valence-electron chi connectivity index (χ2n) is 4.49. The van der Waals surface area contributed by atoms with E-state index in [0.29, 0.717) is 17.1 Å². The van der Waals surface area contributed by atoms with Crippen molar-refractivity contribution in [1.82, 2.24) is 10.3 Å². The fraction of sp³-hybridized carbons (Fsp3) is 0.143. The number of fused-ring (bicyclic) bond motifs is 1. The van der Waals surface area contributed by atoms with E-state index < -0.39 is 0 Å². The Kier molecular flexibility index (Phi) is 3.42. The van der Waals surface area contributed by atoms with Crippen LogP contribution in [-0.2, 0) is 6.54 Å². The Morgan fingerprint density at radius 3 is 3.05 bits per heavy atom. The minimum Gasteiger partial charge on any atom is -0.397 e. The number of aryl methyl sites for hydroxylation is 1. The first-order valence-corrected chi connectivity index (χ1v) is 7.79. The summed E-state index contributed by atoms with van der Waals surface area (Å²) in [7, 11) is 0. The van der Waals surface area contributed by atoms with Crippen LogP contribution in [0.3, 0.4) is 0 Å². The number of nitrogens with zero attached hydrogens (tertiary/aromatic N) is 1. The first-order valence-electron chi connectivity index (χ1n) is 6.09. The summed E-state index contributed by atoms with van der Waals surface area (Å²) in [4.78, 5) is 17.8. The molecule has 2 heterocycles. The van der Waals surface area contributed by atoms with Crippen LogP contribution in [0.5, 0.6) is 0 Å². The lowest BCUT2D eigenvalue weighted by Crippen LogP contribution is -2.22. The molecule has 20 heavy (non-hydrogen) atoms. The van der Waals surface area contributed by atoms with Gasteiger partial charge in [-0.1, -0.05) is 11.6 Å². The maximum atomic E-state index is 12.2. The summed E-state index contributed by atoms with van der Waals surface area (Å²) < 4.78 is 1.04. The molecule has 6 heteroatoms. The van der Waals surface area contributed by atoms with Crippen molar-refractivity contribution < 1.29 is 4.79 Å². The standard InChI is InChI=1S/C14H13N3OS2/c1-8-2-3-11-10(4-8)12(15)13(20-11)14(18)17-6-9-5-16-7-19-9/h2-5,7H,6,15H2,1H3,(H,17,18). The van der Waals surface area contributed by atoms with Gasteiger partial charge in [-0.2, -0.15) is 0 Å². The Labute approximate surface area is 124 Å². The van der Waals surface area contributed by atoms with E-state index in [1.54, 1.807) is 11.7 Å². The fourth-order valence-corrected chi connectivity index (χ4v) is 3.53. The Balaban J connectivity index is 1.86. The molecule has 0 aliphatic carbocycles. The third kappa shape index (κ3) is 2.39. The second kappa shape index (κ2) is 5.22. The topological polar surface area (TPSA) is 68.0 Å². The van der Waals surface area contributed by atoms with Crippen molar-refractivity contribution in [2.24, 2.45) is 0 Å². The van der Waals surface area contributed by atoms with Crippen molar-refractivity contribution in [2.45, 2.75) is 13.5 Å². The van der Waals surface area contributed by atoms with Crippen LogP contribution in [0.4, 0.5) is 5.69 Å². The van der Waals surface area contributed by atoms with Gasteiger partial charge in [-0.3, -0.25) is 9.78 Å². The number of hydrogen-bond acceptors (Lipinski definition) is 5. The summed E-state index contributed by atoms with van der Waals surface area (Å²) in [6, 6.07) is 6.05. The molecule has 3 rings (SSSR count). The van der Waals surface area contributed by atoms with E-state index in [9.17, 15) is 4.79 Å². The predicted molar refractivity (Wildman–Crippen MR) is 84.3 cm³/mol. The second-order valence-corrected chi connectivity index (χ2v) is 6.52. The smallest absolute Gasteiger partial charge is 0.263 e. The lowest BCUT2D eigenvalue weighted by molar-refractivity contribution is 0.0956. The number of nitrogens with two attached hydrogens (primary N) is 1. The summed E-state index contributed by atoms with van der Waals surface area (Å²) in [5.41, 5.74) is 9.55. The van der Waals surface area contributed by atoms with Crippen LogP contribution in [0.1, 0.15) is 20.1 Å². The molecule has 0 spiro atoms. The van der Waals surface area contributed by atoms with Gasteiger partial charge in [0.1, 0.15) is 4.88 Å². The molecule has 4 nitrogen and oxygen atoms in total. The van der Waals surface area contributed by atoms with E-state index in [1.165, 1.54) is 22.7 Å². The van der Waals surface area contributed by atoms with Gasteiger partial charge < -0.3 is 11.1 Å². The number of rotatable bonds is 3. The van der Waals surface area contributed by atoms with Gasteiger partial charge in [0, 0.05) is 21.2 Å². The third-order valence-corrected chi connectivity index (χ3v) is 4.96. The molecule has 0 bridgehead atoms. The van der Waals surface area contributed by atoms with Gasteiger partial charge in [0.25, 0.3) is 5.91 Å². The van der Waals surface area contributed by atoms with E-state index in [-0.39, 0.29) is 5.91 Å².